The highest BCUT2D eigenvalue weighted by Crippen LogP contribution is 2.27. The maximum atomic E-state index is 13.4. The van der Waals surface area contributed by atoms with Gasteiger partial charge in [-0.15, -0.1) is 0 Å². The Labute approximate surface area is 115 Å². The van der Waals surface area contributed by atoms with Crippen molar-refractivity contribution in [2.24, 2.45) is 0 Å². The number of hydrogen-bond donors (Lipinski definition) is 1. The molecular formula is C14H18BrFN2. The van der Waals surface area contributed by atoms with Crippen molar-refractivity contribution in [2.45, 2.75) is 45.4 Å². The van der Waals surface area contributed by atoms with Crippen LogP contribution < -0.4 is 0 Å². The minimum absolute atomic E-state index is 0.251. The van der Waals surface area contributed by atoms with Crippen molar-refractivity contribution in [1.82, 2.24) is 9.97 Å². The smallest absolute Gasteiger partial charge is 0.139 e. The summed E-state index contributed by atoms with van der Waals surface area (Å²) < 4.78 is 13.9. The van der Waals surface area contributed by atoms with E-state index < -0.39 is 0 Å². The molecule has 18 heavy (non-hydrogen) atoms. The number of nitrogens with zero attached hydrogens (tertiary/aromatic N) is 1. The molecule has 2 nitrogen and oxygen atoms in total. The lowest BCUT2D eigenvalue weighted by atomic mass is 9.99. The molecule has 2 rings (SSSR count). The molecule has 0 aliphatic carbocycles. The Morgan fingerprint density at radius 1 is 1.39 bits per heavy atom. The van der Waals surface area contributed by atoms with Gasteiger partial charge in [0.15, 0.2) is 0 Å². The third-order valence-electron chi connectivity index (χ3n) is 3.33. The molecule has 0 aliphatic rings. The molecule has 1 N–H and O–H groups in total. The highest BCUT2D eigenvalue weighted by molar-refractivity contribution is 9.10. The van der Waals surface area contributed by atoms with E-state index in [9.17, 15) is 4.39 Å². The lowest BCUT2D eigenvalue weighted by Crippen LogP contribution is -1.99. The van der Waals surface area contributed by atoms with Gasteiger partial charge in [0.2, 0.25) is 0 Å². The lowest BCUT2D eigenvalue weighted by Gasteiger charge is -2.10. The molecule has 0 spiro atoms. The zero-order chi connectivity index (χ0) is 13.1. The van der Waals surface area contributed by atoms with Crippen LogP contribution in [0, 0.1) is 5.82 Å². The monoisotopic (exact) mass is 312 g/mol. The third-order valence-corrected chi connectivity index (χ3v) is 3.94. The average molecular weight is 313 g/mol. The molecule has 98 valence electrons. The van der Waals surface area contributed by atoms with E-state index in [0.29, 0.717) is 10.4 Å². The predicted octanol–water partition coefficient (Wildman–Crippen LogP) is 5.15. The van der Waals surface area contributed by atoms with Gasteiger partial charge in [-0.05, 0) is 34.8 Å². The number of fused-ring (bicyclic) bond motifs is 1. The zero-order valence-electron chi connectivity index (χ0n) is 10.8. The van der Waals surface area contributed by atoms with Crippen molar-refractivity contribution >= 4 is 27.0 Å². The first-order chi connectivity index (χ1) is 8.65. The number of H-pyrrole nitrogens is 1. The number of aromatic amines is 1. The molecule has 0 radical (unpaired) electrons. The van der Waals surface area contributed by atoms with Gasteiger partial charge < -0.3 is 4.98 Å². The number of imidazole rings is 1. The van der Waals surface area contributed by atoms with Crippen LogP contribution in [-0.4, -0.2) is 9.97 Å². The van der Waals surface area contributed by atoms with Gasteiger partial charge in [-0.3, -0.25) is 0 Å². The molecule has 0 fully saturated rings. The van der Waals surface area contributed by atoms with Crippen LogP contribution in [0.25, 0.3) is 11.0 Å². The van der Waals surface area contributed by atoms with Crippen LogP contribution in [0.4, 0.5) is 4.39 Å². The van der Waals surface area contributed by atoms with Crippen LogP contribution in [0.2, 0.25) is 0 Å². The molecule has 0 bridgehead atoms. The summed E-state index contributed by atoms with van der Waals surface area (Å²) in [6.45, 7) is 4.36. The summed E-state index contributed by atoms with van der Waals surface area (Å²) in [5.41, 5.74) is 1.61. The summed E-state index contributed by atoms with van der Waals surface area (Å²) in [4.78, 5) is 7.84. The quantitative estimate of drug-likeness (QED) is 0.812. The van der Waals surface area contributed by atoms with Gasteiger partial charge in [0.1, 0.15) is 11.6 Å². The van der Waals surface area contributed by atoms with Crippen molar-refractivity contribution < 1.29 is 4.39 Å². The van der Waals surface area contributed by atoms with Crippen LogP contribution in [0.5, 0.6) is 0 Å². The first kappa shape index (κ1) is 13.5. The fourth-order valence-electron chi connectivity index (χ4n) is 2.20. The lowest BCUT2D eigenvalue weighted by molar-refractivity contribution is 0.549. The standard InChI is InChI=1S/C14H18BrFN2/c1-3-5-6-9(4-2)14-17-12-7-10(15)11(16)8-13(12)18-14/h7-9H,3-6H2,1-2H3,(H,17,18). The van der Waals surface area contributed by atoms with Gasteiger partial charge in [0.05, 0.1) is 15.5 Å². The van der Waals surface area contributed by atoms with Crippen LogP contribution in [-0.2, 0) is 0 Å². The normalized spacial score (nSPS) is 13.1. The minimum Gasteiger partial charge on any atom is -0.342 e. The number of benzene rings is 1. The summed E-state index contributed by atoms with van der Waals surface area (Å²) in [6, 6.07) is 3.24. The van der Waals surface area contributed by atoms with E-state index in [4.69, 9.17) is 0 Å². The Balaban J connectivity index is 2.33. The molecule has 0 aliphatic heterocycles. The molecule has 0 saturated carbocycles. The van der Waals surface area contributed by atoms with E-state index in [0.717, 1.165) is 29.7 Å². The molecule has 4 heteroatoms. The van der Waals surface area contributed by atoms with Gasteiger partial charge in [0.25, 0.3) is 0 Å². The van der Waals surface area contributed by atoms with Crippen molar-refractivity contribution in [3.63, 3.8) is 0 Å². The zero-order valence-corrected chi connectivity index (χ0v) is 12.3. The van der Waals surface area contributed by atoms with Crippen molar-refractivity contribution in [3.05, 3.63) is 28.2 Å². The summed E-state index contributed by atoms with van der Waals surface area (Å²) >= 11 is 3.19. The Kier molecular flexibility index (Phi) is 4.38. The second kappa shape index (κ2) is 5.83. The fraction of sp³-hybridized carbons (Fsp3) is 0.500. The van der Waals surface area contributed by atoms with Crippen LogP contribution in [0.1, 0.15) is 51.3 Å². The molecule has 0 saturated heterocycles. The number of unbranched alkanes of at least 4 members (excludes halogenated alkanes) is 1. The SMILES string of the molecule is CCCCC(CC)c1nc2cc(Br)c(F)cc2[nH]1. The van der Waals surface area contributed by atoms with E-state index in [1.54, 1.807) is 6.07 Å². The van der Waals surface area contributed by atoms with Crippen molar-refractivity contribution in [1.29, 1.82) is 0 Å². The topological polar surface area (TPSA) is 28.7 Å². The van der Waals surface area contributed by atoms with Crippen molar-refractivity contribution in [3.8, 4) is 0 Å². The molecule has 1 heterocycles. The highest BCUT2D eigenvalue weighted by Gasteiger charge is 2.14. The second-order valence-corrected chi connectivity index (χ2v) is 5.51. The summed E-state index contributed by atoms with van der Waals surface area (Å²) in [5, 5.41) is 0. The third kappa shape index (κ3) is 2.74. The summed E-state index contributed by atoms with van der Waals surface area (Å²) in [7, 11) is 0. The van der Waals surface area contributed by atoms with E-state index in [-0.39, 0.29) is 5.82 Å². The van der Waals surface area contributed by atoms with Crippen LogP contribution >= 0.6 is 15.9 Å². The number of nitrogens with one attached hydrogen (secondary N) is 1. The van der Waals surface area contributed by atoms with Gasteiger partial charge in [-0.1, -0.05) is 26.7 Å². The molecule has 1 aromatic carbocycles. The number of halogens is 2. The molecule has 1 aromatic heterocycles. The number of hydrogen-bond acceptors (Lipinski definition) is 1. The molecular weight excluding hydrogens is 295 g/mol. The summed E-state index contributed by atoms with van der Waals surface area (Å²) in [5.74, 6) is 1.18. The Morgan fingerprint density at radius 3 is 2.83 bits per heavy atom. The van der Waals surface area contributed by atoms with E-state index in [1.165, 1.54) is 18.9 Å². The fourth-order valence-corrected chi connectivity index (χ4v) is 2.53. The Bertz CT molecular complexity index is 497. The van der Waals surface area contributed by atoms with Gasteiger partial charge in [-0.25, -0.2) is 9.37 Å². The first-order valence-corrected chi connectivity index (χ1v) is 7.29. The van der Waals surface area contributed by atoms with Crippen molar-refractivity contribution in [2.75, 3.05) is 0 Å². The Hall–Kier alpha value is -0.900. The molecule has 1 unspecified atom stereocenters. The number of rotatable bonds is 5. The Morgan fingerprint density at radius 2 is 2.17 bits per heavy atom. The van der Waals surface area contributed by atoms with Gasteiger partial charge in [0, 0.05) is 12.0 Å². The molecule has 0 amide bonds. The average Bonchev–Trinajstić information content (AvgIpc) is 2.73. The van der Waals surface area contributed by atoms with Crippen LogP contribution in [0.3, 0.4) is 0 Å². The molecule has 1 atom stereocenters. The van der Waals surface area contributed by atoms with Crippen LogP contribution in [0.15, 0.2) is 16.6 Å². The largest absolute Gasteiger partial charge is 0.342 e. The second-order valence-electron chi connectivity index (χ2n) is 4.65. The predicted molar refractivity (Wildman–Crippen MR) is 76.3 cm³/mol. The number of aromatic nitrogens is 2. The maximum absolute atomic E-state index is 13.4. The van der Waals surface area contributed by atoms with E-state index in [1.807, 2.05) is 0 Å². The van der Waals surface area contributed by atoms with Gasteiger partial charge in [-0.2, -0.15) is 0 Å². The first-order valence-electron chi connectivity index (χ1n) is 6.50. The summed E-state index contributed by atoms with van der Waals surface area (Å²) in [6.07, 6.45) is 4.59. The highest BCUT2D eigenvalue weighted by atomic mass is 79.9. The van der Waals surface area contributed by atoms with Gasteiger partial charge >= 0.3 is 0 Å². The van der Waals surface area contributed by atoms with E-state index >= 15 is 0 Å². The minimum atomic E-state index is -0.251. The maximum Gasteiger partial charge on any atom is 0.139 e. The molecule has 2 aromatic rings. The van der Waals surface area contributed by atoms with E-state index in [2.05, 4.69) is 39.7 Å².